The summed E-state index contributed by atoms with van der Waals surface area (Å²) in [5.41, 5.74) is 0.879. The third-order valence-electron chi connectivity index (χ3n) is 4.10. The van der Waals surface area contributed by atoms with Gasteiger partial charge < -0.3 is 24.3 Å². The van der Waals surface area contributed by atoms with Gasteiger partial charge in [-0.3, -0.25) is 4.79 Å². The van der Waals surface area contributed by atoms with E-state index in [4.69, 9.17) is 18.9 Å². The van der Waals surface area contributed by atoms with Gasteiger partial charge in [0, 0.05) is 5.56 Å². The Labute approximate surface area is 195 Å². The third-order valence-corrected chi connectivity index (χ3v) is 6.22. The Kier molecular flexibility index (Phi) is 9.68. The zero-order valence-electron chi connectivity index (χ0n) is 18.7. The first-order valence-electron chi connectivity index (χ1n) is 10.2. The monoisotopic (exact) mass is 478 g/mol. The van der Waals surface area contributed by atoms with Crippen molar-refractivity contribution >= 4 is 40.0 Å². The predicted molar refractivity (Wildman–Crippen MR) is 124 cm³/mol. The molecule has 1 aromatic carbocycles. The molecule has 0 unspecified atom stereocenters. The molecule has 1 amide bonds. The lowest BCUT2D eigenvalue weighted by molar-refractivity contribution is 0.0531. The van der Waals surface area contributed by atoms with Crippen molar-refractivity contribution in [2.24, 2.45) is 0 Å². The van der Waals surface area contributed by atoms with Crippen LogP contribution < -0.4 is 19.5 Å². The molecule has 1 N–H and O–H groups in total. The lowest BCUT2D eigenvalue weighted by Gasteiger charge is -2.17. The van der Waals surface area contributed by atoms with Gasteiger partial charge in [0.2, 0.25) is 5.75 Å². The first kappa shape index (κ1) is 25.4. The Morgan fingerprint density at radius 1 is 1.03 bits per heavy atom. The molecule has 0 aliphatic carbocycles. The van der Waals surface area contributed by atoms with Gasteiger partial charge in [-0.1, -0.05) is 0 Å². The van der Waals surface area contributed by atoms with Gasteiger partial charge in [0.1, 0.15) is 15.3 Å². The van der Waals surface area contributed by atoms with Crippen LogP contribution in [0.3, 0.4) is 0 Å². The van der Waals surface area contributed by atoms with Gasteiger partial charge in [-0.05, 0) is 64.1 Å². The minimum absolute atomic E-state index is 0.227. The molecule has 2 aromatic rings. The molecule has 1 aromatic heterocycles. The SMILES string of the molecule is CCOC(=O)c1sc(NC(=O)c2cc(OCC)c(OCC)c(OCC)c2)c(SC#N)c1C. The molecule has 0 spiro atoms. The Morgan fingerprint density at radius 2 is 1.62 bits per heavy atom. The average molecular weight is 479 g/mol. The smallest absolute Gasteiger partial charge is 0.348 e. The standard InChI is InChI=1S/C22H26N2O6S2/c1-6-27-15-10-14(11-16(28-7-2)17(15)29-8-3)20(25)24-21-18(31-12-23)13(5)19(32-21)22(26)30-9-4/h10-11H,6-9H2,1-5H3,(H,24,25). The topological polar surface area (TPSA) is 107 Å². The molecule has 0 saturated carbocycles. The van der Waals surface area contributed by atoms with Crippen molar-refractivity contribution in [3.8, 4) is 22.6 Å². The maximum Gasteiger partial charge on any atom is 0.348 e. The molecule has 172 valence electrons. The molecule has 0 radical (unpaired) electrons. The summed E-state index contributed by atoms with van der Waals surface area (Å²) < 4.78 is 22.1. The highest BCUT2D eigenvalue weighted by molar-refractivity contribution is 8.04. The second kappa shape index (κ2) is 12.2. The van der Waals surface area contributed by atoms with Gasteiger partial charge in [0.25, 0.3) is 5.91 Å². The van der Waals surface area contributed by atoms with E-state index in [9.17, 15) is 14.9 Å². The van der Waals surface area contributed by atoms with Crippen molar-refractivity contribution < 1.29 is 28.5 Å². The van der Waals surface area contributed by atoms with Crippen LogP contribution in [0.15, 0.2) is 17.0 Å². The molecule has 10 heteroatoms. The molecule has 1 heterocycles. The van der Waals surface area contributed by atoms with E-state index >= 15 is 0 Å². The number of thioether (sulfide) groups is 1. The van der Waals surface area contributed by atoms with Crippen molar-refractivity contribution in [2.75, 3.05) is 31.7 Å². The van der Waals surface area contributed by atoms with Gasteiger partial charge in [-0.15, -0.1) is 11.3 Å². The number of ether oxygens (including phenoxy) is 4. The normalized spacial score (nSPS) is 10.2. The van der Waals surface area contributed by atoms with Crippen LogP contribution in [0.2, 0.25) is 0 Å². The number of carbonyl (C=O) groups is 2. The molecule has 0 fully saturated rings. The highest BCUT2D eigenvalue weighted by Gasteiger charge is 2.24. The number of carbonyl (C=O) groups excluding carboxylic acids is 2. The molecule has 2 rings (SSSR count). The van der Waals surface area contributed by atoms with Gasteiger partial charge >= 0.3 is 5.97 Å². The summed E-state index contributed by atoms with van der Waals surface area (Å²) in [6.45, 7) is 10.3. The van der Waals surface area contributed by atoms with E-state index in [0.29, 0.717) is 57.4 Å². The summed E-state index contributed by atoms with van der Waals surface area (Å²) in [5.74, 6) is 0.295. The van der Waals surface area contributed by atoms with Crippen molar-refractivity contribution in [3.63, 3.8) is 0 Å². The van der Waals surface area contributed by atoms with E-state index in [-0.39, 0.29) is 12.2 Å². The number of amides is 1. The quantitative estimate of drug-likeness (QED) is 0.265. The van der Waals surface area contributed by atoms with Gasteiger partial charge in [0.15, 0.2) is 11.5 Å². The number of anilines is 1. The molecule has 32 heavy (non-hydrogen) atoms. The van der Waals surface area contributed by atoms with Crippen LogP contribution in [0.25, 0.3) is 0 Å². The zero-order valence-corrected chi connectivity index (χ0v) is 20.3. The summed E-state index contributed by atoms with van der Waals surface area (Å²) >= 11 is 1.95. The van der Waals surface area contributed by atoms with Crippen LogP contribution in [0.1, 0.15) is 53.3 Å². The second-order valence-electron chi connectivity index (χ2n) is 6.18. The minimum Gasteiger partial charge on any atom is -0.490 e. The summed E-state index contributed by atoms with van der Waals surface area (Å²) in [6.07, 6.45) is 0. The number of thiophene rings is 1. The Bertz CT molecular complexity index is 986. The zero-order chi connectivity index (χ0) is 23.7. The van der Waals surface area contributed by atoms with Gasteiger partial charge in [-0.2, -0.15) is 5.26 Å². The van der Waals surface area contributed by atoms with Crippen LogP contribution in [-0.2, 0) is 4.74 Å². The lowest BCUT2D eigenvalue weighted by atomic mass is 10.1. The predicted octanol–water partition coefficient (Wildman–Crippen LogP) is 5.25. The Hall–Kier alpha value is -2.90. The molecular weight excluding hydrogens is 452 g/mol. The number of nitriles is 1. The van der Waals surface area contributed by atoms with E-state index < -0.39 is 11.9 Å². The van der Waals surface area contributed by atoms with Crippen LogP contribution in [0.4, 0.5) is 5.00 Å². The van der Waals surface area contributed by atoms with E-state index in [2.05, 4.69) is 5.32 Å². The number of nitrogens with one attached hydrogen (secondary N) is 1. The van der Waals surface area contributed by atoms with Crippen molar-refractivity contribution in [3.05, 3.63) is 28.1 Å². The summed E-state index contributed by atoms with van der Waals surface area (Å²) in [4.78, 5) is 26.2. The molecule has 8 nitrogen and oxygen atoms in total. The second-order valence-corrected chi connectivity index (χ2v) is 8.00. The van der Waals surface area contributed by atoms with E-state index in [1.54, 1.807) is 26.0 Å². The fourth-order valence-electron chi connectivity index (χ4n) is 2.84. The average Bonchev–Trinajstić information content (AvgIpc) is 3.06. The van der Waals surface area contributed by atoms with Crippen molar-refractivity contribution in [1.29, 1.82) is 5.26 Å². The first-order chi connectivity index (χ1) is 15.4. The van der Waals surface area contributed by atoms with E-state index in [0.717, 1.165) is 23.1 Å². The number of esters is 1. The maximum atomic E-state index is 13.1. The highest BCUT2D eigenvalue weighted by Crippen LogP contribution is 2.42. The molecule has 0 bridgehead atoms. The summed E-state index contributed by atoms with van der Waals surface area (Å²) in [6, 6.07) is 3.16. The number of hydrogen-bond donors (Lipinski definition) is 1. The van der Waals surface area contributed by atoms with E-state index in [1.807, 2.05) is 26.2 Å². The number of rotatable bonds is 11. The fourth-order valence-corrected chi connectivity index (χ4v) is 4.63. The number of benzene rings is 1. The molecule has 0 aliphatic heterocycles. The molecular formula is C22H26N2O6S2. The largest absolute Gasteiger partial charge is 0.490 e. The van der Waals surface area contributed by atoms with Gasteiger partial charge in [-0.25, -0.2) is 4.79 Å². The van der Waals surface area contributed by atoms with Crippen LogP contribution >= 0.6 is 23.1 Å². The molecule has 0 aliphatic rings. The maximum absolute atomic E-state index is 13.1. The van der Waals surface area contributed by atoms with Gasteiger partial charge in [0.05, 0.1) is 31.3 Å². The van der Waals surface area contributed by atoms with Crippen LogP contribution in [0, 0.1) is 17.6 Å². The van der Waals surface area contributed by atoms with Crippen molar-refractivity contribution in [1.82, 2.24) is 0 Å². The lowest BCUT2D eigenvalue weighted by Crippen LogP contribution is -2.13. The fraction of sp³-hybridized carbons (Fsp3) is 0.409. The number of nitrogens with zero attached hydrogens (tertiary/aromatic N) is 1. The van der Waals surface area contributed by atoms with Crippen LogP contribution in [0.5, 0.6) is 17.2 Å². The first-order valence-corrected chi connectivity index (χ1v) is 11.8. The summed E-state index contributed by atoms with van der Waals surface area (Å²) in [7, 11) is 0. The molecule has 0 atom stereocenters. The van der Waals surface area contributed by atoms with Crippen molar-refractivity contribution in [2.45, 2.75) is 39.5 Å². The van der Waals surface area contributed by atoms with Crippen LogP contribution in [-0.4, -0.2) is 38.3 Å². The van der Waals surface area contributed by atoms with E-state index in [1.165, 1.54) is 0 Å². The third kappa shape index (κ3) is 5.87. The Morgan fingerprint density at radius 3 is 2.12 bits per heavy atom. The summed E-state index contributed by atoms with van der Waals surface area (Å²) in [5, 5.41) is 14.4. The minimum atomic E-state index is -0.492. The molecule has 0 saturated heterocycles. The number of thiocyanates is 1. The Balaban J connectivity index is 2.46. The number of hydrogen-bond acceptors (Lipinski definition) is 9. The highest BCUT2D eigenvalue weighted by atomic mass is 32.2.